The monoisotopic (exact) mass is 578 g/mol. The Morgan fingerprint density at radius 2 is 1.66 bits per heavy atom. The average Bonchev–Trinajstić information content (AvgIpc) is 3.32. The first kappa shape index (κ1) is 30.3. The Labute approximate surface area is 242 Å². The Kier molecular flexibility index (Phi) is 9.21. The number of para-hydroxylation sites is 1. The lowest BCUT2D eigenvalue weighted by Crippen LogP contribution is -2.32. The van der Waals surface area contributed by atoms with Gasteiger partial charge in [-0.3, -0.25) is 4.57 Å². The second-order valence-corrected chi connectivity index (χ2v) is 13.0. The van der Waals surface area contributed by atoms with Gasteiger partial charge in [0.1, 0.15) is 11.4 Å². The van der Waals surface area contributed by atoms with Crippen LogP contribution >= 0.6 is 0 Å². The predicted molar refractivity (Wildman–Crippen MR) is 160 cm³/mol. The van der Waals surface area contributed by atoms with Gasteiger partial charge in [0.05, 0.1) is 23.6 Å². The summed E-state index contributed by atoms with van der Waals surface area (Å²) in [7, 11) is -2.22. The number of hydrogen-bond donors (Lipinski definition) is 1. The van der Waals surface area contributed by atoms with Crippen molar-refractivity contribution in [1.82, 2.24) is 8.87 Å². The van der Waals surface area contributed by atoms with Crippen molar-refractivity contribution in [3.63, 3.8) is 0 Å². The molecule has 0 aliphatic heterocycles. The quantitative estimate of drug-likeness (QED) is 0.232. The summed E-state index contributed by atoms with van der Waals surface area (Å²) >= 11 is 0. The molecule has 0 radical (unpaired) electrons. The van der Waals surface area contributed by atoms with Crippen LogP contribution in [-0.4, -0.2) is 47.7 Å². The van der Waals surface area contributed by atoms with Crippen molar-refractivity contribution in [1.29, 1.82) is 0 Å². The number of nitrogens with zero attached hydrogens (tertiary/aromatic N) is 2. The number of fused-ring (bicyclic) bond motifs is 1. The van der Waals surface area contributed by atoms with E-state index in [9.17, 15) is 18.3 Å². The molecule has 3 aromatic carbocycles. The summed E-state index contributed by atoms with van der Waals surface area (Å²) in [6, 6.07) is 21.4. The number of sulfonamides is 1. The van der Waals surface area contributed by atoms with Crippen LogP contribution in [0, 0.1) is 6.92 Å². The van der Waals surface area contributed by atoms with Crippen LogP contribution in [0.25, 0.3) is 10.9 Å². The highest BCUT2D eigenvalue weighted by atomic mass is 32.2. The molecule has 0 aliphatic rings. The van der Waals surface area contributed by atoms with E-state index in [1.807, 2.05) is 37.3 Å². The molecule has 1 atom stereocenters. The van der Waals surface area contributed by atoms with Crippen molar-refractivity contribution >= 4 is 27.0 Å². The molecule has 4 rings (SSSR count). The van der Waals surface area contributed by atoms with Crippen LogP contribution in [0.15, 0.2) is 83.9 Å². The molecule has 41 heavy (non-hydrogen) atoms. The van der Waals surface area contributed by atoms with Crippen molar-refractivity contribution in [3.8, 4) is 5.75 Å². The van der Waals surface area contributed by atoms with Crippen LogP contribution in [0.5, 0.6) is 5.75 Å². The molecule has 0 amide bonds. The Balaban J connectivity index is 1.55. The van der Waals surface area contributed by atoms with Crippen molar-refractivity contribution in [2.45, 2.75) is 63.7 Å². The van der Waals surface area contributed by atoms with E-state index in [1.54, 1.807) is 76.5 Å². The van der Waals surface area contributed by atoms with Crippen LogP contribution in [0.4, 0.5) is 4.79 Å². The maximum Gasteiger partial charge on any atom is 0.419 e. The number of carbonyl (C=O) groups is 1. The van der Waals surface area contributed by atoms with Gasteiger partial charge in [-0.05, 0) is 76.4 Å². The van der Waals surface area contributed by atoms with Gasteiger partial charge in [-0.1, -0.05) is 48.0 Å². The number of carbonyl (C=O) groups excluding carboxylic acids is 1. The summed E-state index contributed by atoms with van der Waals surface area (Å²) < 4.78 is 41.0. The number of methoxy groups -OCH3 is 1. The van der Waals surface area contributed by atoms with E-state index in [0.717, 1.165) is 16.5 Å². The number of aliphatic hydroxyl groups is 1. The summed E-state index contributed by atoms with van der Waals surface area (Å²) in [4.78, 5) is 13.1. The van der Waals surface area contributed by atoms with Crippen LogP contribution in [-0.2, 0) is 21.3 Å². The number of aliphatic hydroxyl groups excluding tert-OH is 1. The lowest BCUT2D eigenvalue weighted by atomic mass is 10.0. The molecule has 0 saturated heterocycles. The SMILES string of the molecule is COc1ccc(CN(CCCC(O)c2cn(C(=O)OC(C)(C)C)c3ccccc23)S(=O)(=O)c2ccc(C)cc2)cc1. The summed E-state index contributed by atoms with van der Waals surface area (Å²) in [6.07, 6.45) is 0.872. The molecule has 0 saturated carbocycles. The van der Waals surface area contributed by atoms with Crippen molar-refractivity contribution in [2.24, 2.45) is 0 Å². The Bertz CT molecular complexity index is 1590. The zero-order chi connectivity index (χ0) is 29.8. The molecule has 0 bridgehead atoms. The van der Waals surface area contributed by atoms with Gasteiger partial charge in [-0.15, -0.1) is 0 Å². The first-order valence-electron chi connectivity index (χ1n) is 13.6. The van der Waals surface area contributed by atoms with Gasteiger partial charge in [0.15, 0.2) is 0 Å². The second-order valence-electron chi connectivity index (χ2n) is 11.1. The highest BCUT2D eigenvalue weighted by Gasteiger charge is 2.26. The third-order valence-electron chi connectivity index (χ3n) is 6.75. The van der Waals surface area contributed by atoms with Crippen LogP contribution in [0.1, 0.15) is 56.4 Å². The normalized spacial score (nSPS) is 13.0. The van der Waals surface area contributed by atoms with E-state index in [-0.39, 0.29) is 18.0 Å². The van der Waals surface area contributed by atoms with Gasteiger partial charge in [-0.25, -0.2) is 13.2 Å². The van der Waals surface area contributed by atoms with E-state index >= 15 is 0 Å². The summed E-state index contributed by atoms with van der Waals surface area (Å²) in [5, 5.41) is 12.0. The van der Waals surface area contributed by atoms with Crippen LogP contribution in [0.3, 0.4) is 0 Å². The predicted octanol–water partition coefficient (Wildman–Crippen LogP) is 6.45. The smallest absolute Gasteiger partial charge is 0.419 e. The number of benzene rings is 3. The van der Waals surface area contributed by atoms with E-state index in [2.05, 4.69) is 0 Å². The molecule has 0 aliphatic carbocycles. The fraction of sp³-hybridized carbons (Fsp3) is 0.344. The molecule has 218 valence electrons. The summed E-state index contributed by atoms with van der Waals surface area (Å²) in [5.74, 6) is 0.690. The average molecular weight is 579 g/mol. The van der Waals surface area contributed by atoms with Gasteiger partial charge in [0.2, 0.25) is 10.0 Å². The molecule has 0 spiro atoms. The minimum absolute atomic E-state index is 0.175. The minimum atomic E-state index is -3.80. The molecule has 0 fully saturated rings. The lowest BCUT2D eigenvalue weighted by Gasteiger charge is -2.23. The number of rotatable bonds is 10. The Morgan fingerprint density at radius 1 is 1.00 bits per heavy atom. The first-order valence-corrected chi connectivity index (χ1v) is 15.0. The fourth-order valence-electron chi connectivity index (χ4n) is 4.63. The van der Waals surface area contributed by atoms with Crippen molar-refractivity contribution < 1.29 is 27.8 Å². The maximum absolute atomic E-state index is 13.7. The number of aromatic nitrogens is 1. The molecule has 9 heteroatoms. The third-order valence-corrected chi connectivity index (χ3v) is 8.61. The van der Waals surface area contributed by atoms with Gasteiger partial charge < -0.3 is 14.6 Å². The van der Waals surface area contributed by atoms with Gasteiger partial charge in [0.25, 0.3) is 0 Å². The minimum Gasteiger partial charge on any atom is -0.497 e. The first-order chi connectivity index (χ1) is 19.4. The van der Waals surface area contributed by atoms with Crippen LogP contribution < -0.4 is 4.74 Å². The molecule has 1 heterocycles. The van der Waals surface area contributed by atoms with E-state index in [4.69, 9.17) is 9.47 Å². The number of aryl methyl sites for hydroxylation is 1. The van der Waals surface area contributed by atoms with Gasteiger partial charge >= 0.3 is 6.09 Å². The van der Waals surface area contributed by atoms with Gasteiger partial charge in [-0.2, -0.15) is 4.31 Å². The van der Waals surface area contributed by atoms with Crippen molar-refractivity contribution in [2.75, 3.05) is 13.7 Å². The molecule has 4 aromatic rings. The van der Waals surface area contributed by atoms with E-state index in [1.165, 1.54) is 8.87 Å². The number of hydrogen-bond acceptors (Lipinski definition) is 6. The highest BCUT2D eigenvalue weighted by Crippen LogP contribution is 2.30. The summed E-state index contributed by atoms with van der Waals surface area (Å²) in [5.41, 5.74) is 2.35. The topological polar surface area (TPSA) is 98.1 Å². The molecular weight excluding hydrogens is 540 g/mol. The zero-order valence-electron chi connectivity index (χ0n) is 24.2. The molecule has 1 N–H and O–H groups in total. The molecule has 1 aromatic heterocycles. The van der Waals surface area contributed by atoms with E-state index < -0.39 is 27.8 Å². The molecular formula is C32H38N2O6S. The molecule has 1 unspecified atom stereocenters. The Morgan fingerprint density at radius 3 is 2.29 bits per heavy atom. The van der Waals surface area contributed by atoms with E-state index in [0.29, 0.717) is 29.7 Å². The van der Waals surface area contributed by atoms with Crippen LogP contribution in [0.2, 0.25) is 0 Å². The second kappa shape index (κ2) is 12.5. The Hall–Kier alpha value is -3.66. The zero-order valence-corrected chi connectivity index (χ0v) is 25.0. The third kappa shape index (κ3) is 7.35. The standard InChI is InChI=1S/C32H38N2O6S/c1-23-12-18-26(19-13-23)41(37,38)33(21-24-14-16-25(39-5)17-15-24)20-8-11-30(35)28-22-34(31(36)40-32(2,3)4)29-10-7-6-9-27(28)29/h6-7,9-10,12-19,22,30,35H,8,11,20-21H2,1-5H3. The summed E-state index contributed by atoms with van der Waals surface area (Å²) in [6.45, 7) is 7.68. The fourth-order valence-corrected chi connectivity index (χ4v) is 6.09. The lowest BCUT2D eigenvalue weighted by molar-refractivity contribution is 0.0543. The molecule has 8 nitrogen and oxygen atoms in total. The maximum atomic E-state index is 13.7. The highest BCUT2D eigenvalue weighted by molar-refractivity contribution is 7.89. The number of ether oxygens (including phenoxy) is 2. The van der Waals surface area contributed by atoms with Gasteiger partial charge in [0, 0.05) is 30.2 Å². The largest absolute Gasteiger partial charge is 0.497 e. The van der Waals surface area contributed by atoms with Crippen molar-refractivity contribution in [3.05, 3.63) is 95.7 Å².